The molecule has 4 heterocycles. The number of hydrogen-bond donors (Lipinski definition) is 1. The van der Waals surface area contributed by atoms with Gasteiger partial charge in [-0.05, 0) is 24.6 Å². The standard InChI is InChI=1S/C27H25N5O6S/c1-16-25(39-27-28-19-7-2-3-8-20(19)31(16)27)23(33)21-22(17-5-4-6-18(15-17)32(36)37)30(26(35)24(21)34)10-9-29-11-13-38-14-12-29/h2-8,15,22,34H,9-14H2,1H3. The van der Waals surface area contributed by atoms with Crippen LogP contribution in [0.2, 0.25) is 0 Å². The summed E-state index contributed by atoms with van der Waals surface area (Å²) in [4.78, 5) is 47.7. The predicted molar refractivity (Wildman–Crippen MR) is 144 cm³/mol. The number of morpholine rings is 1. The minimum Gasteiger partial charge on any atom is -0.503 e. The minimum absolute atomic E-state index is 0.0839. The van der Waals surface area contributed by atoms with E-state index in [0.29, 0.717) is 53.9 Å². The number of nitro benzene ring substituents is 1. The van der Waals surface area contributed by atoms with Gasteiger partial charge in [0.15, 0.2) is 10.7 Å². The molecule has 0 bridgehead atoms. The van der Waals surface area contributed by atoms with Crippen molar-refractivity contribution in [1.29, 1.82) is 0 Å². The van der Waals surface area contributed by atoms with Crippen LogP contribution in [-0.4, -0.2) is 80.3 Å². The molecular weight excluding hydrogens is 522 g/mol. The zero-order chi connectivity index (χ0) is 27.3. The largest absolute Gasteiger partial charge is 0.503 e. The smallest absolute Gasteiger partial charge is 0.290 e. The number of ketones is 1. The van der Waals surface area contributed by atoms with Crippen LogP contribution in [-0.2, 0) is 9.53 Å². The van der Waals surface area contributed by atoms with Crippen LogP contribution < -0.4 is 0 Å². The van der Waals surface area contributed by atoms with Crippen LogP contribution in [0.4, 0.5) is 5.69 Å². The highest BCUT2D eigenvalue weighted by Crippen LogP contribution is 2.41. The first kappa shape index (κ1) is 25.2. The van der Waals surface area contributed by atoms with Crippen LogP contribution in [0, 0.1) is 17.0 Å². The van der Waals surface area contributed by atoms with E-state index in [1.165, 1.54) is 34.4 Å². The molecule has 2 aliphatic rings. The van der Waals surface area contributed by atoms with Crippen molar-refractivity contribution in [3.63, 3.8) is 0 Å². The molecule has 1 amide bonds. The van der Waals surface area contributed by atoms with Crippen molar-refractivity contribution in [2.45, 2.75) is 13.0 Å². The van der Waals surface area contributed by atoms with Crippen molar-refractivity contribution in [3.05, 3.63) is 86.1 Å². The van der Waals surface area contributed by atoms with Gasteiger partial charge in [0.25, 0.3) is 11.6 Å². The minimum atomic E-state index is -0.975. The first-order chi connectivity index (χ1) is 18.8. The van der Waals surface area contributed by atoms with Crippen LogP contribution in [0.25, 0.3) is 16.0 Å². The predicted octanol–water partition coefficient (Wildman–Crippen LogP) is 3.68. The van der Waals surface area contributed by atoms with Gasteiger partial charge in [-0.3, -0.25) is 29.0 Å². The first-order valence-electron chi connectivity index (χ1n) is 12.5. The molecule has 2 aromatic carbocycles. The Balaban J connectivity index is 1.42. The number of nitrogens with zero attached hydrogens (tertiary/aromatic N) is 5. The summed E-state index contributed by atoms with van der Waals surface area (Å²) in [5.41, 5.74) is 2.43. The molecule has 1 saturated heterocycles. The fourth-order valence-electron chi connectivity index (χ4n) is 5.34. The first-order valence-corrected chi connectivity index (χ1v) is 13.4. The zero-order valence-corrected chi connectivity index (χ0v) is 21.9. The second-order valence-corrected chi connectivity index (χ2v) is 10.5. The molecule has 0 saturated carbocycles. The number of rotatable bonds is 7. The lowest BCUT2D eigenvalue weighted by Gasteiger charge is -2.31. The number of aliphatic hydroxyl groups excluding tert-OH is 1. The number of ether oxygens (including phenoxy) is 1. The Labute approximate surface area is 226 Å². The highest BCUT2D eigenvalue weighted by molar-refractivity contribution is 7.19. The van der Waals surface area contributed by atoms with Crippen LogP contribution in [0.1, 0.15) is 27.0 Å². The quantitative estimate of drug-likeness (QED) is 0.211. The molecule has 1 fully saturated rings. The summed E-state index contributed by atoms with van der Waals surface area (Å²) in [5, 5.41) is 22.6. The fourth-order valence-corrected chi connectivity index (χ4v) is 6.44. The molecule has 0 radical (unpaired) electrons. The number of benzene rings is 2. The van der Waals surface area contributed by atoms with E-state index in [2.05, 4.69) is 9.88 Å². The molecule has 6 rings (SSSR count). The molecule has 200 valence electrons. The fraction of sp³-hybridized carbons (Fsp3) is 0.296. The number of aromatic nitrogens is 2. The molecule has 1 unspecified atom stereocenters. The van der Waals surface area contributed by atoms with Gasteiger partial charge in [-0.2, -0.15) is 0 Å². The Kier molecular flexibility index (Phi) is 6.37. The number of nitro groups is 1. The van der Waals surface area contributed by atoms with Gasteiger partial charge in [0.1, 0.15) is 0 Å². The van der Waals surface area contributed by atoms with E-state index >= 15 is 0 Å². The number of aryl methyl sites for hydroxylation is 1. The molecule has 12 heteroatoms. The highest BCUT2D eigenvalue weighted by atomic mass is 32.1. The van der Waals surface area contributed by atoms with Gasteiger partial charge >= 0.3 is 0 Å². The van der Waals surface area contributed by atoms with Gasteiger partial charge in [0.2, 0.25) is 5.78 Å². The number of aliphatic hydroxyl groups is 1. The van der Waals surface area contributed by atoms with Crippen molar-refractivity contribution in [3.8, 4) is 0 Å². The monoisotopic (exact) mass is 547 g/mol. The summed E-state index contributed by atoms with van der Waals surface area (Å²) in [6.07, 6.45) is 0. The third-order valence-corrected chi connectivity index (χ3v) is 8.44. The molecule has 0 aliphatic carbocycles. The maximum Gasteiger partial charge on any atom is 0.290 e. The van der Waals surface area contributed by atoms with Gasteiger partial charge in [0.05, 0.1) is 45.7 Å². The van der Waals surface area contributed by atoms with E-state index < -0.39 is 28.4 Å². The van der Waals surface area contributed by atoms with Gasteiger partial charge in [0, 0.05) is 44.0 Å². The summed E-state index contributed by atoms with van der Waals surface area (Å²) in [5.74, 6) is -1.80. The lowest BCUT2D eigenvalue weighted by atomic mass is 9.94. The molecule has 1 N–H and O–H groups in total. The highest BCUT2D eigenvalue weighted by Gasteiger charge is 2.45. The Hall–Kier alpha value is -4.13. The second kappa shape index (κ2) is 9.88. The third kappa shape index (κ3) is 4.26. The summed E-state index contributed by atoms with van der Waals surface area (Å²) in [6, 6.07) is 12.5. The van der Waals surface area contributed by atoms with Crippen molar-refractivity contribution in [2.75, 3.05) is 39.4 Å². The summed E-state index contributed by atoms with van der Waals surface area (Å²) in [6.45, 7) is 5.12. The number of thiazole rings is 1. The molecule has 4 aromatic rings. The molecule has 2 aromatic heterocycles. The number of carbonyl (C=O) groups excluding carboxylic acids is 2. The summed E-state index contributed by atoms with van der Waals surface area (Å²) in [7, 11) is 0. The van der Waals surface area contributed by atoms with E-state index in [1.807, 2.05) is 28.7 Å². The number of Topliss-reactive ketones (excluding diaryl/α,β-unsaturated/α-hetero) is 1. The maximum absolute atomic E-state index is 14.1. The van der Waals surface area contributed by atoms with E-state index in [1.54, 1.807) is 13.0 Å². The van der Waals surface area contributed by atoms with Gasteiger partial charge in [-0.15, -0.1) is 0 Å². The summed E-state index contributed by atoms with van der Waals surface area (Å²) < 4.78 is 7.29. The van der Waals surface area contributed by atoms with Crippen LogP contribution >= 0.6 is 11.3 Å². The van der Waals surface area contributed by atoms with Crippen LogP contribution in [0.5, 0.6) is 0 Å². The van der Waals surface area contributed by atoms with Gasteiger partial charge < -0.3 is 14.7 Å². The number of amides is 1. The van der Waals surface area contributed by atoms with Crippen molar-refractivity contribution < 1.29 is 24.4 Å². The number of non-ortho nitro benzene ring substituents is 1. The lowest BCUT2D eigenvalue weighted by molar-refractivity contribution is -0.384. The van der Waals surface area contributed by atoms with E-state index in [4.69, 9.17) is 4.74 Å². The Bertz CT molecular complexity index is 1670. The number of hydrogen-bond acceptors (Lipinski definition) is 9. The average molecular weight is 548 g/mol. The van der Waals surface area contributed by atoms with Gasteiger partial charge in [-0.1, -0.05) is 35.6 Å². The van der Waals surface area contributed by atoms with Crippen LogP contribution in [0.3, 0.4) is 0 Å². The van der Waals surface area contributed by atoms with E-state index in [9.17, 15) is 24.8 Å². The molecule has 2 aliphatic heterocycles. The Morgan fingerprint density at radius 3 is 2.72 bits per heavy atom. The average Bonchev–Trinajstić information content (AvgIpc) is 3.56. The van der Waals surface area contributed by atoms with Crippen molar-refractivity contribution in [1.82, 2.24) is 19.2 Å². The normalized spacial score (nSPS) is 18.5. The Morgan fingerprint density at radius 2 is 1.95 bits per heavy atom. The van der Waals surface area contributed by atoms with Crippen LogP contribution in [0.15, 0.2) is 59.9 Å². The van der Waals surface area contributed by atoms with E-state index in [0.717, 1.165) is 11.0 Å². The van der Waals surface area contributed by atoms with Crippen molar-refractivity contribution >= 4 is 44.7 Å². The van der Waals surface area contributed by atoms with Crippen molar-refractivity contribution in [2.24, 2.45) is 0 Å². The number of para-hydroxylation sites is 2. The molecule has 0 spiro atoms. The molecule has 39 heavy (non-hydrogen) atoms. The number of fused-ring (bicyclic) bond motifs is 3. The lowest BCUT2D eigenvalue weighted by Crippen LogP contribution is -2.43. The number of carbonyl (C=O) groups is 2. The number of imidazole rings is 1. The SMILES string of the molecule is Cc1c(C(=O)C2=C(O)C(=O)N(CCN3CCOCC3)C2c2cccc([N+](=O)[O-])c2)sc2nc3ccccc3n12. The van der Waals surface area contributed by atoms with E-state index in [-0.39, 0.29) is 17.8 Å². The topological polar surface area (TPSA) is 131 Å². The second-order valence-electron chi connectivity index (χ2n) is 9.53. The zero-order valence-electron chi connectivity index (χ0n) is 21.1. The molecule has 11 nitrogen and oxygen atoms in total. The summed E-state index contributed by atoms with van der Waals surface area (Å²) >= 11 is 1.19. The van der Waals surface area contributed by atoms with Gasteiger partial charge in [-0.25, -0.2) is 4.98 Å². The Morgan fingerprint density at radius 1 is 1.18 bits per heavy atom. The molecule has 1 atom stereocenters. The maximum atomic E-state index is 14.1. The molecular formula is C27H25N5O6S. The third-order valence-electron chi connectivity index (χ3n) is 7.30.